The van der Waals surface area contributed by atoms with Gasteiger partial charge in [0.1, 0.15) is 0 Å². The van der Waals surface area contributed by atoms with E-state index in [1.165, 1.54) is 0 Å². The Hall–Kier alpha value is -0.120. The zero-order chi connectivity index (χ0) is 12.6. The molecule has 98 valence electrons. The number of methoxy groups -OCH3 is 1. The van der Waals surface area contributed by atoms with Crippen LogP contribution < -0.4 is 11.1 Å². The van der Waals surface area contributed by atoms with Crippen molar-refractivity contribution in [3.05, 3.63) is 0 Å². The summed E-state index contributed by atoms with van der Waals surface area (Å²) in [7, 11) is 1.73. The van der Waals surface area contributed by atoms with Crippen molar-refractivity contribution in [2.45, 2.75) is 46.1 Å². The maximum Gasteiger partial charge on any atom is 0.0587 e. The number of hydrogen-bond acceptors (Lipinski definition) is 3. The fourth-order valence-electron chi connectivity index (χ4n) is 2.45. The predicted octanol–water partition coefficient (Wildman–Crippen LogP) is 2.01. The lowest BCUT2D eigenvalue weighted by atomic mass is 9.82. The van der Waals surface area contributed by atoms with E-state index < -0.39 is 0 Å². The molecule has 0 aromatic carbocycles. The van der Waals surface area contributed by atoms with E-state index in [-0.39, 0.29) is 5.54 Å². The third kappa shape index (κ3) is 6.46. The Balaban J connectivity index is 4.40. The fourth-order valence-corrected chi connectivity index (χ4v) is 2.45. The predicted molar refractivity (Wildman–Crippen MR) is 70.6 cm³/mol. The largest absolute Gasteiger partial charge is 0.383 e. The Morgan fingerprint density at radius 2 is 1.62 bits per heavy atom. The van der Waals surface area contributed by atoms with Crippen LogP contribution in [-0.4, -0.2) is 32.3 Å². The molecule has 3 N–H and O–H groups in total. The van der Waals surface area contributed by atoms with Crippen LogP contribution in [0.3, 0.4) is 0 Å². The molecule has 3 nitrogen and oxygen atoms in total. The van der Waals surface area contributed by atoms with E-state index in [0.717, 1.165) is 26.0 Å². The van der Waals surface area contributed by atoms with Crippen LogP contribution in [0.4, 0.5) is 0 Å². The topological polar surface area (TPSA) is 47.3 Å². The summed E-state index contributed by atoms with van der Waals surface area (Å²) in [5, 5.41) is 3.60. The van der Waals surface area contributed by atoms with E-state index in [1.54, 1.807) is 7.11 Å². The SMILES string of the molecule is COCCNC(CN)(CC(C)C)CC(C)C. The maximum absolute atomic E-state index is 5.98. The van der Waals surface area contributed by atoms with Gasteiger partial charge in [-0.25, -0.2) is 0 Å². The Morgan fingerprint density at radius 1 is 1.12 bits per heavy atom. The van der Waals surface area contributed by atoms with E-state index in [1.807, 2.05) is 0 Å². The van der Waals surface area contributed by atoms with Crippen LogP contribution in [0.5, 0.6) is 0 Å². The quantitative estimate of drug-likeness (QED) is 0.596. The van der Waals surface area contributed by atoms with E-state index in [2.05, 4.69) is 33.0 Å². The Bertz CT molecular complexity index is 159. The second-order valence-electron chi connectivity index (χ2n) is 5.60. The standard InChI is InChI=1S/C13H30N2O/c1-11(2)8-13(10-14,9-12(3)4)15-6-7-16-5/h11-12,15H,6-10,14H2,1-5H3. The molecule has 0 amide bonds. The minimum Gasteiger partial charge on any atom is -0.383 e. The molecular weight excluding hydrogens is 200 g/mol. The van der Waals surface area contributed by atoms with Crippen molar-refractivity contribution in [1.82, 2.24) is 5.32 Å². The second kappa shape index (κ2) is 8.04. The van der Waals surface area contributed by atoms with Crippen molar-refractivity contribution in [3.63, 3.8) is 0 Å². The van der Waals surface area contributed by atoms with Crippen LogP contribution in [0.1, 0.15) is 40.5 Å². The molecule has 3 heteroatoms. The molecule has 0 saturated heterocycles. The van der Waals surface area contributed by atoms with Gasteiger partial charge in [-0.1, -0.05) is 27.7 Å². The highest BCUT2D eigenvalue weighted by atomic mass is 16.5. The van der Waals surface area contributed by atoms with Crippen LogP contribution >= 0.6 is 0 Å². The van der Waals surface area contributed by atoms with Crippen LogP contribution in [0, 0.1) is 11.8 Å². The van der Waals surface area contributed by atoms with Crippen molar-refractivity contribution in [3.8, 4) is 0 Å². The Labute approximate surface area is 101 Å². The molecule has 0 aliphatic carbocycles. The first-order valence-corrected chi connectivity index (χ1v) is 6.40. The van der Waals surface area contributed by atoms with Crippen molar-refractivity contribution in [2.75, 3.05) is 26.8 Å². The van der Waals surface area contributed by atoms with Gasteiger partial charge in [0.05, 0.1) is 6.61 Å². The lowest BCUT2D eigenvalue weighted by Crippen LogP contribution is -2.53. The summed E-state index contributed by atoms with van der Waals surface area (Å²) in [5.74, 6) is 1.33. The average molecular weight is 230 g/mol. The summed E-state index contributed by atoms with van der Waals surface area (Å²) in [5.41, 5.74) is 6.07. The van der Waals surface area contributed by atoms with Gasteiger partial charge in [0.15, 0.2) is 0 Å². The monoisotopic (exact) mass is 230 g/mol. The molecular formula is C13H30N2O. The summed E-state index contributed by atoms with van der Waals surface area (Å²) in [6.07, 6.45) is 2.26. The smallest absolute Gasteiger partial charge is 0.0587 e. The first-order chi connectivity index (χ1) is 7.45. The lowest BCUT2D eigenvalue weighted by Gasteiger charge is -2.37. The van der Waals surface area contributed by atoms with Crippen molar-refractivity contribution < 1.29 is 4.74 Å². The molecule has 0 rings (SSSR count). The zero-order valence-electron chi connectivity index (χ0n) is 11.7. The maximum atomic E-state index is 5.98. The summed E-state index contributed by atoms with van der Waals surface area (Å²) >= 11 is 0. The summed E-state index contributed by atoms with van der Waals surface area (Å²) < 4.78 is 5.09. The van der Waals surface area contributed by atoms with Crippen LogP contribution in [-0.2, 0) is 4.74 Å². The molecule has 0 saturated carbocycles. The summed E-state index contributed by atoms with van der Waals surface area (Å²) in [6.45, 7) is 11.3. The molecule has 0 aliphatic rings. The first kappa shape index (κ1) is 15.9. The highest BCUT2D eigenvalue weighted by Crippen LogP contribution is 2.23. The minimum atomic E-state index is 0.0842. The molecule has 0 aromatic heterocycles. The number of nitrogens with two attached hydrogens (primary N) is 1. The highest BCUT2D eigenvalue weighted by Gasteiger charge is 2.29. The highest BCUT2D eigenvalue weighted by molar-refractivity contribution is 4.90. The van der Waals surface area contributed by atoms with E-state index >= 15 is 0 Å². The second-order valence-corrected chi connectivity index (χ2v) is 5.60. The third-order valence-electron chi connectivity index (χ3n) is 2.79. The zero-order valence-corrected chi connectivity index (χ0v) is 11.7. The number of rotatable bonds is 9. The van der Waals surface area contributed by atoms with Gasteiger partial charge >= 0.3 is 0 Å². The molecule has 0 spiro atoms. The third-order valence-corrected chi connectivity index (χ3v) is 2.79. The number of hydrogen-bond donors (Lipinski definition) is 2. The van der Waals surface area contributed by atoms with Crippen molar-refractivity contribution >= 4 is 0 Å². The van der Waals surface area contributed by atoms with E-state index in [9.17, 15) is 0 Å². The Kier molecular flexibility index (Phi) is 7.98. The number of ether oxygens (including phenoxy) is 1. The molecule has 16 heavy (non-hydrogen) atoms. The van der Waals surface area contributed by atoms with Crippen molar-refractivity contribution in [2.24, 2.45) is 17.6 Å². The molecule has 0 radical (unpaired) electrons. The van der Waals surface area contributed by atoms with Crippen molar-refractivity contribution in [1.29, 1.82) is 0 Å². The van der Waals surface area contributed by atoms with Gasteiger partial charge in [-0.15, -0.1) is 0 Å². The Morgan fingerprint density at radius 3 is 1.94 bits per heavy atom. The molecule has 0 unspecified atom stereocenters. The van der Waals surface area contributed by atoms with Gasteiger partial charge < -0.3 is 15.8 Å². The fraction of sp³-hybridized carbons (Fsp3) is 1.00. The van der Waals surface area contributed by atoms with Crippen LogP contribution in [0.2, 0.25) is 0 Å². The molecule has 0 fully saturated rings. The summed E-state index contributed by atoms with van der Waals surface area (Å²) in [4.78, 5) is 0. The summed E-state index contributed by atoms with van der Waals surface area (Å²) in [6, 6.07) is 0. The average Bonchev–Trinajstić information content (AvgIpc) is 2.16. The van der Waals surface area contributed by atoms with Gasteiger partial charge in [0, 0.05) is 25.7 Å². The van der Waals surface area contributed by atoms with Gasteiger partial charge in [0.2, 0.25) is 0 Å². The number of nitrogens with one attached hydrogen (secondary N) is 1. The molecule has 0 heterocycles. The molecule has 0 aromatic rings. The van der Waals surface area contributed by atoms with Gasteiger partial charge in [-0.05, 0) is 24.7 Å². The van der Waals surface area contributed by atoms with Gasteiger partial charge in [0.25, 0.3) is 0 Å². The minimum absolute atomic E-state index is 0.0842. The molecule has 0 bridgehead atoms. The van der Waals surface area contributed by atoms with Crippen LogP contribution in [0.15, 0.2) is 0 Å². The molecule has 0 atom stereocenters. The van der Waals surface area contributed by atoms with Gasteiger partial charge in [-0.3, -0.25) is 0 Å². The molecule has 0 aliphatic heterocycles. The lowest BCUT2D eigenvalue weighted by molar-refractivity contribution is 0.167. The first-order valence-electron chi connectivity index (χ1n) is 6.40. The van der Waals surface area contributed by atoms with E-state index in [4.69, 9.17) is 10.5 Å². The normalized spacial score (nSPS) is 12.8. The van der Waals surface area contributed by atoms with Crippen LogP contribution in [0.25, 0.3) is 0 Å². The van der Waals surface area contributed by atoms with Gasteiger partial charge in [-0.2, -0.15) is 0 Å². The van der Waals surface area contributed by atoms with E-state index in [0.29, 0.717) is 18.4 Å².